The minimum Gasteiger partial charge on any atom is -0.480 e. The number of carbonyl (C=O) groups excluding carboxylic acids is 1. The average Bonchev–Trinajstić information content (AvgIpc) is 2.00. The molecule has 0 aromatic carbocycles. The van der Waals surface area contributed by atoms with Gasteiger partial charge in [-0.3, -0.25) is 4.79 Å². The molecule has 0 aliphatic rings. The Morgan fingerprint density at radius 1 is 1.50 bits per heavy atom. The highest BCUT2D eigenvalue weighted by molar-refractivity contribution is 5.83. The largest absolute Gasteiger partial charge is 0.480 e. The molecule has 0 aromatic heterocycles. The fraction of sp³-hybridized carbons (Fsp3) is 0.667. The third kappa shape index (κ3) is 3.89. The van der Waals surface area contributed by atoms with E-state index in [9.17, 15) is 9.59 Å². The number of amides is 1. The summed E-state index contributed by atoms with van der Waals surface area (Å²) in [4.78, 5) is 21.0. The quantitative estimate of drug-likeness (QED) is 0.383. The monoisotopic (exact) mass is 176 g/mol. The molecule has 6 heteroatoms. The number of hydrogen-bond donors (Lipinski definition) is 4. The Hall–Kier alpha value is -1.14. The van der Waals surface area contributed by atoms with Gasteiger partial charge < -0.3 is 21.3 Å². The zero-order chi connectivity index (χ0) is 9.56. The maximum Gasteiger partial charge on any atom is 0.328 e. The first-order valence-electron chi connectivity index (χ1n) is 3.45. The van der Waals surface area contributed by atoms with Crippen LogP contribution < -0.4 is 11.1 Å². The maximum absolute atomic E-state index is 10.8. The number of rotatable bonds is 5. The van der Waals surface area contributed by atoms with Gasteiger partial charge in [-0.2, -0.15) is 0 Å². The summed E-state index contributed by atoms with van der Waals surface area (Å²) in [6.07, 6.45) is 0.0593. The number of aliphatic hydroxyl groups excluding tert-OH is 1. The molecular weight excluding hydrogens is 164 g/mol. The van der Waals surface area contributed by atoms with Gasteiger partial charge in [0.15, 0.2) is 0 Å². The third-order valence-electron chi connectivity index (χ3n) is 1.19. The van der Waals surface area contributed by atoms with Gasteiger partial charge in [0.1, 0.15) is 6.04 Å². The Morgan fingerprint density at radius 2 is 2.08 bits per heavy atom. The number of hydrogen-bond acceptors (Lipinski definition) is 4. The molecule has 12 heavy (non-hydrogen) atoms. The minimum absolute atomic E-state index is 0.0593. The van der Waals surface area contributed by atoms with Crippen LogP contribution in [0.5, 0.6) is 0 Å². The molecule has 0 rings (SSSR count). The summed E-state index contributed by atoms with van der Waals surface area (Å²) in [6, 6.07) is -1.23. The first kappa shape index (κ1) is 10.9. The second kappa shape index (κ2) is 5.50. The van der Waals surface area contributed by atoms with Crippen molar-refractivity contribution in [3.8, 4) is 0 Å². The van der Waals surface area contributed by atoms with Gasteiger partial charge in [0.05, 0.1) is 6.61 Å². The van der Waals surface area contributed by atoms with Crippen LogP contribution in [0.1, 0.15) is 6.42 Å². The number of aliphatic carboxylic acids is 1. The van der Waals surface area contributed by atoms with Gasteiger partial charge in [-0.25, -0.2) is 4.79 Å². The first-order chi connectivity index (χ1) is 5.61. The Labute approximate surface area is 69.4 Å². The lowest BCUT2D eigenvalue weighted by Gasteiger charge is -2.10. The van der Waals surface area contributed by atoms with Crippen LogP contribution in [0.4, 0.5) is 0 Å². The van der Waals surface area contributed by atoms with E-state index in [-0.39, 0.29) is 13.0 Å². The topological polar surface area (TPSA) is 113 Å². The highest BCUT2D eigenvalue weighted by Gasteiger charge is 2.17. The van der Waals surface area contributed by atoms with E-state index >= 15 is 0 Å². The molecule has 0 aromatic rings. The van der Waals surface area contributed by atoms with Crippen molar-refractivity contribution in [3.05, 3.63) is 0 Å². The van der Waals surface area contributed by atoms with E-state index in [0.29, 0.717) is 0 Å². The van der Waals surface area contributed by atoms with Crippen LogP contribution in [0.3, 0.4) is 0 Å². The van der Waals surface area contributed by atoms with Crippen LogP contribution in [-0.2, 0) is 9.59 Å². The van der Waals surface area contributed by atoms with Crippen LogP contribution in [0.25, 0.3) is 0 Å². The van der Waals surface area contributed by atoms with E-state index in [1.807, 2.05) is 0 Å². The summed E-state index contributed by atoms with van der Waals surface area (Å²) in [6.45, 7) is -0.463. The van der Waals surface area contributed by atoms with Gasteiger partial charge in [-0.15, -0.1) is 0 Å². The predicted molar refractivity (Wildman–Crippen MR) is 40.3 cm³/mol. The average molecular weight is 176 g/mol. The number of nitrogens with two attached hydrogens (primary N) is 1. The van der Waals surface area contributed by atoms with E-state index in [1.165, 1.54) is 0 Å². The molecule has 0 spiro atoms. The van der Waals surface area contributed by atoms with Crippen LogP contribution in [-0.4, -0.2) is 41.3 Å². The van der Waals surface area contributed by atoms with Crippen molar-refractivity contribution in [2.75, 3.05) is 13.2 Å². The molecule has 1 atom stereocenters. The smallest absolute Gasteiger partial charge is 0.328 e. The molecule has 5 N–H and O–H groups in total. The molecular formula is C6H12N2O4. The summed E-state index contributed by atoms with van der Waals surface area (Å²) in [7, 11) is 0. The molecule has 70 valence electrons. The first-order valence-corrected chi connectivity index (χ1v) is 3.45. The second-order valence-corrected chi connectivity index (χ2v) is 2.18. The lowest BCUT2D eigenvalue weighted by molar-refractivity contribution is -0.142. The van der Waals surface area contributed by atoms with Crippen molar-refractivity contribution in [1.82, 2.24) is 5.32 Å². The van der Waals surface area contributed by atoms with Crippen molar-refractivity contribution >= 4 is 11.9 Å². The highest BCUT2D eigenvalue weighted by atomic mass is 16.4. The molecule has 0 saturated heterocycles. The van der Waals surface area contributed by atoms with Gasteiger partial charge in [0, 0.05) is 13.0 Å². The van der Waals surface area contributed by atoms with Crippen molar-refractivity contribution in [2.24, 2.45) is 5.73 Å². The summed E-state index contributed by atoms with van der Waals surface area (Å²) < 4.78 is 0. The fourth-order valence-corrected chi connectivity index (χ4v) is 0.583. The summed E-state index contributed by atoms with van der Waals surface area (Å²) in [5.41, 5.74) is 5.05. The van der Waals surface area contributed by atoms with Crippen LogP contribution in [0.2, 0.25) is 0 Å². The van der Waals surface area contributed by atoms with Gasteiger partial charge in [-0.05, 0) is 0 Å². The van der Waals surface area contributed by atoms with E-state index in [0.717, 1.165) is 0 Å². The zero-order valence-electron chi connectivity index (χ0n) is 6.49. The zero-order valence-corrected chi connectivity index (χ0v) is 6.49. The highest BCUT2D eigenvalue weighted by Crippen LogP contribution is 1.84. The SMILES string of the molecule is NCCC(=O)N[C@@H](CO)C(=O)O. The Morgan fingerprint density at radius 3 is 2.42 bits per heavy atom. The summed E-state index contributed by atoms with van der Waals surface area (Å²) in [5, 5.41) is 19.0. The third-order valence-corrected chi connectivity index (χ3v) is 1.19. The van der Waals surface area contributed by atoms with Crippen LogP contribution >= 0.6 is 0 Å². The van der Waals surface area contributed by atoms with E-state index in [4.69, 9.17) is 15.9 Å². The summed E-state index contributed by atoms with van der Waals surface area (Å²) in [5.74, 6) is -1.73. The van der Waals surface area contributed by atoms with Crippen molar-refractivity contribution in [2.45, 2.75) is 12.5 Å². The van der Waals surface area contributed by atoms with Crippen molar-refractivity contribution < 1.29 is 19.8 Å². The van der Waals surface area contributed by atoms with Gasteiger partial charge >= 0.3 is 5.97 Å². The second-order valence-electron chi connectivity index (χ2n) is 2.18. The van der Waals surface area contributed by atoms with Gasteiger partial charge in [-0.1, -0.05) is 0 Å². The summed E-state index contributed by atoms with van der Waals surface area (Å²) >= 11 is 0. The molecule has 0 bridgehead atoms. The molecule has 0 radical (unpaired) electrons. The maximum atomic E-state index is 10.8. The molecule has 0 unspecified atom stereocenters. The molecule has 0 aliphatic carbocycles. The fourth-order valence-electron chi connectivity index (χ4n) is 0.583. The predicted octanol–water partition coefficient (Wildman–Crippen LogP) is -2.10. The molecule has 6 nitrogen and oxygen atoms in total. The normalized spacial score (nSPS) is 12.2. The standard InChI is InChI=1S/C6H12N2O4/c7-2-1-5(10)8-4(3-9)6(11)12/h4,9H,1-3,7H2,(H,8,10)(H,11,12)/t4-/m0/s1. The van der Waals surface area contributed by atoms with E-state index < -0.39 is 24.5 Å². The van der Waals surface area contributed by atoms with Crippen LogP contribution in [0, 0.1) is 0 Å². The number of carboxylic acid groups (broad SMARTS) is 1. The molecule has 0 saturated carbocycles. The van der Waals surface area contributed by atoms with Crippen molar-refractivity contribution in [3.63, 3.8) is 0 Å². The lowest BCUT2D eigenvalue weighted by Crippen LogP contribution is -2.43. The Kier molecular flexibility index (Phi) is 4.98. The van der Waals surface area contributed by atoms with Crippen molar-refractivity contribution in [1.29, 1.82) is 0 Å². The molecule has 0 heterocycles. The minimum atomic E-state index is -1.26. The Balaban J connectivity index is 3.85. The number of carbonyl (C=O) groups is 2. The lowest BCUT2D eigenvalue weighted by atomic mass is 10.3. The molecule has 0 fully saturated rings. The van der Waals surface area contributed by atoms with E-state index in [2.05, 4.69) is 5.32 Å². The van der Waals surface area contributed by atoms with Crippen LogP contribution in [0.15, 0.2) is 0 Å². The molecule has 1 amide bonds. The Bertz CT molecular complexity index is 171. The number of aliphatic hydroxyl groups is 1. The van der Waals surface area contributed by atoms with Gasteiger partial charge in [0.25, 0.3) is 0 Å². The number of nitrogens with one attached hydrogen (secondary N) is 1. The molecule has 0 aliphatic heterocycles. The van der Waals surface area contributed by atoms with Gasteiger partial charge in [0.2, 0.25) is 5.91 Å². The number of carboxylic acids is 1. The van der Waals surface area contributed by atoms with E-state index in [1.54, 1.807) is 0 Å².